The smallest absolute Gasteiger partial charge is 0.224 e. The maximum absolute atomic E-state index is 12.5. The molecule has 1 fully saturated rings. The van der Waals surface area contributed by atoms with Crippen molar-refractivity contribution in [1.29, 1.82) is 0 Å². The Hall–Kier alpha value is -1.40. The third-order valence-corrected chi connectivity index (χ3v) is 5.99. The molecule has 0 heterocycles. The van der Waals surface area contributed by atoms with Gasteiger partial charge in [0.1, 0.15) is 0 Å². The second-order valence-electron chi connectivity index (χ2n) is 6.46. The van der Waals surface area contributed by atoms with Crippen LogP contribution in [0.5, 0.6) is 0 Å². The van der Waals surface area contributed by atoms with Gasteiger partial charge in [-0.3, -0.25) is 4.79 Å². The summed E-state index contributed by atoms with van der Waals surface area (Å²) in [6.45, 7) is 3.42. The monoisotopic (exact) mass is 352 g/mol. The van der Waals surface area contributed by atoms with Crippen LogP contribution < -0.4 is 0 Å². The predicted molar refractivity (Wildman–Crippen MR) is 96.0 cm³/mol. The molecule has 1 saturated carbocycles. The molecule has 1 aromatic carbocycles. The molecule has 2 rings (SSSR count). The van der Waals surface area contributed by atoms with Crippen LogP contribution in [0.3, 0.4) is 0 Å². The number of benzene rings is 1. The highest BCUT2D eigenvalue weighted by molar-refractivity contribution is 7.88. The van der Waals surface area contributed by atoms with Crippen LogP contribution in [0.2, 0.25) is 0 Å². The quantitative estimate of drug-likeness (QED) is 0.723. The predicted octanol–water partition coefficient (Wildman–Crippen LogP) is 2.63. The number of nitrogens with zero attached hydrogens (tertiary/aromatic N) is 2. The Morgan fingerprint density at radius 3 is 2.33 bits per heavy atom. The molecule has 1 aliphatic carbocycles. The molecule has 0 aromatic heterocycles. The van der Waals surface area contributed by atoms with Gasteiger partial charge in [0, 0.05) is 32.1 Å². The highest BCUT2D eigenvalue weighted by atomic mass is 32.2. The highest BCUT2D eigenvalue weighted by Crippen LogP contribution is 2.25. The van der Waals surface area contributed by atoms with Crippen molar-refractivity contribution < 1.29 is 13.2 Å². The third-order valence-electron chi connectivity index (χ3n) is 4.65. The van der Waals surface area contributed by atoms with Gasteiger partial charge in [-0.05, 0) is 25.3 Å². The van der Waals surface area contributed by atoms with Crippen molar-refractivity contribution in [3.63, 3.8) is 0 Å². The molecule has 5 nitrogen and oxygen atoms in total. The van der Waals surface area contributed by atoms with E-state index in [1.165, 1.54) is 10.6 Å². The van der Waals surface area contributed by atoms with Crippen LogP contribution in [-0.4, -0.2) is 48.9 Å². The third kappa shape index (κ3) is 5.31. The summed E-state index contributed by atoms with van der Waals surface area (Å²) in [5, 5.41) is 0. The van der Waals surface area contributed by atoms with E-state index >= 15 is 0 Å². The lowest BCUT2D eigenvalue weighted by atomic mass is 10.2. The van der Waals surface area contributed by atoms with Crippen LogP contribution in [0.15, 0.2) is 30.3 Å². The molecule has 134 valence electrons. The first-order chi connectivity index (χ1) is 11.4. The minimum absolute atomic E-state index is 0.00741. The molecule has 1 aliphatic rings. The van der Waals surface area contributed by atoms with Crippen molar-refractivity contribution in [3.05, 3.63) is 35.9 Å². The van der Waals surface area contributed by atoms with Gasteiger partial charge in [-0.15, -0.1) is 0 Å². The van der Waals surface area contributed by atoms with E-state index < -0.39 is 10.0 Å². The topological polar surface area (TPSA) is 57.7 Å². The zero-order chi connectivity index (χ0) is 17.6. The SMILES string of the molecule is CCN(Cc1ccccc1)C(=O)CCN(C1CCCC1)S(C)(=O)=O. The summed E-state index contributed by atoms with van der Waals surface area (Å²) in [5.41, 5.74) is 1.09. The summed E-state index contributed by atoms with van der Waals surface area (Å²) < 4.78 is 25.7. The van der Waals surface area contributed by atoms with Crippen molar-refractivity contribution in [2.75, 3.05) is 19.3 Å². The molecule has 1 amide bonds. The summed E-state index contributed by atoms with van der Waals surface area (Å²) in [5.74, 6) is 0.00741. The Balaban J connectivity index is 1.95. The lowest BCUT2D eigenvalue weighted by Gasteiger charge is -2.28. The minimum Gasteiger partial charge on any atom is -0.339 e. The molecule has 0 bridgehead atoms. The number of carbonyl (C=O) groups is 1. The van der Waals surface area contributed by atoms with E-state index in [2.05, 4.69) is 0 Å². The van der Waals surface area contributed by atoms with Crippen LogP contribution in [0.25, 0.3) is 0 Å². The molecular formula is C18H28N2O3S. The van der Waals surface area contributed by atoms with Crippen LogP contribution in [0.4, 0.5) is 0 Å². The van der Waals surface area contributed by atoms with Gasteiger partial charge in [-0.25, -0.2) is 8.42 Å². The first-order valence-corrected chi connectivity index (χ1v) is 10.5. The lowest BCUT2D eigenvalue weighted by molar-refractivity contribution is -0.131. The van der Waals surface area contributed by atoms with Gasteiger partial charge in [-0.2, -0.15) is 4.31 Å². The number of amides is 1. The standard InChI is InChI=1S/C18H28N2O3S/c1-3-19(15-16-9-5-4-6-10-16)18(21)13-14-20(24(2,22)23)17-11-7-8-12-17/h4-6,9-10,17H,3,7-8,11-15H2,1-2H3. The summed E-state index contributed by atoms with van der Waals surface area (Å²) in [6.07, 6.45) is 5.44. The molecule has 6 heteroatoms. The van der Waals surface area contributed by atoms with Crippen molar-refractivity contribution in [2.45, 2.75) is 51.6 Å². The first-order valence-electron chi connectivity index (χ1n) is 8.70. The summed E-state index contributed by atoms with van der Waals surface area (Å²) in [4.78, 5) is 14.3. The number of rotatable bonds is 8. The summed E-state index contributed by atoms with van der Waals surface area (Å²) in [7, 11) is -3.27. The Labute approximate surface area is 145 Å². The van der Waals surface area contributed by atoms with Crippen LogP contribution in [0.1, 0.15) is 44.6 Å². The molecule has 0 radical (unpaired) electrons. The average Bonchev–Trinajstić information content (AvgIpc) is 3.06. The molecule has 0 unspecified atom stereocenters. The van der Waals surface area contributed by atoms with E-state index in [1.54, 1.807) is 4.90 Å². The molecule has 24 heavy (non-hydrogen) atoms. The van der Waals surface area contributed by atoms with Gasteiger partial charge in [0.25, 0.3) is 0 Å². The maximum Gasteiger partial charge on any atom is 0.224 e. The minimum atomic E-state index is -3.27. The van der Waals surface area contributed by atoms with Gasteiger partial charge in [0.15, 0.2) is 0 Å². The fourth-order valence-electron chi connectivity index (χ4n) is 3.36. The van der Waals surface area contributed by atoms with E-state index in [9.17, 15) is 13.2 Å². The van der Waals surface area contributed by atoms with Gasteiger partial charge in [0.2, 0.25) is 15.9 Å². The summed E-state index contributed by atoms with van der Waals surface area (Å²) in [6, 6.07) is 9.93. The van der Waals surface area contributed by atoms with Gasteiger partial charge in [-0.1, -0.05) is 43.2 Å². The van der Waals surface area contributed by atoms with Crippen LogP contribution >= 0.6 is 0 Å². The molecular weight excluding hydrogens is 324 g/mol. The molecule has 0 atom stereocenters. The number of sulfonamides is 1. The molecule has 0 spiro atoms. The van der Waals surface area contributed by atoms with Crippen LogP contribution in [0, 0.1) is 0 Å². The van der Waals surface area contributed by atoms with Gasteiger partial charge in [0.05, 0.1) is 6.26 Å². The van der Waals surface area contributed by atoms with E-state index in [4.69, 9.17) is 0 Å². The van der Waals surface area contributed by atoms with E-state index in [-0.39, 0.29) is 24.9 Å². The lowest BCUT2D eigenvalue weighted by Crippen LogP contribution is -2.41. The average molecular weight is 353 g/mol. The normalized spacial score (nSPS) is 15.8. The Morgan fingerprint density at radius 1 is 1.17 bits per heavy atom. The zero-order valence-electron chi connectivity index (χ0n) is 14.6. The Morgan fingerprint density at radius 2 is 1.79 bits per heavy atom. The van der Waals surface area contributed by atoms with Crippen molar-refractivity contribution in [1.82, 2.24) is 9.21 Å². The fourth-order valence-corrected chi connectivity index (χ4v) is 4.53. The Kier molecular flexibility index (Phi) is 6.80. The van der Waals surface area contributed by atoms with Crippen LogP contribution in [-0.2, 0) is 21.4 Å². The van der Waals surface area contributed by atoms with Gasteiger partial charge >= 0.3 is 0 Å². The molecule has 0 N–H and O–H groups in total. The second-order valence-corrected chi connectivity index (χ2v) is 8.39. The molecule has 0 saturated heterocycles. The van der Waals surface area contributed by atoms with Crippen molar-refractivity contribution >= 4 is 15.9 Å². The molecule has 1 aromatic rings. The van der Waals surface area contributed by atoms with Crippen molar-refractivity contribution in [3.8, 4) is 0 Å². The fraction of sp³-hybridized carbons (Fsp3) is 0.611. The van der Waals surface area contributed by atoms with E-state index in [1.807, 2.05) is 37.3 Å². The largest absolute Gasteiger partial charge is 0.339 e. The highest BCUT2D eigenvalue weighted by Gasteiger charge is 2.29. The molecule has 0 aliphatic heterocycles. The maximum atomic E-state index is 12.5. The van der Waals surface area contributed by atoms with Crippen molar-refractivity contribution in [2.24, 2.45) is 0 Å². The summed E-state index contributed by atoms with van der Waals surface area (Å²) >= 11 is 0. The van der Waals surface area contributed by atoms with E-state index in [0.717, 1.165) is 31.2 Å². The zero-order valence-corrected chi connectivity index (χ0v) is 15.5. The number of carbonyl (C=O) groups excluding carboxylic acids is 1. The van der Waals surface area contributed by atoms with Gasteiger partial charge < -0.3 is 4.90 Å². The first kappa shape index (κ1) is 18.9. The number of hydrogen-bond donors (Lipinski definition) is 0. The second kappa shape index (κ2) is 8.62. The van der Waals surface area contributed by atoms with E-state index in [0.29, 0.717) is 13.1 Å². The number of hydrogen-bond acceptors (Lipinski definition) is 3. The Bertz CT molecular complexity index is 625.